The summed E-state index contributed by atoms with van der Waals surface area (Å²) < 4.78 is 1.79. The highest BCUT2D eigenvalue weighted by Gasteiger charge is 2.12. The van der Waals surface area contributed by atoms with Crippen LogP contribution in [-0.2, 0) is 0 Å². The molecule has 0 aliphatic rings. The molecule has 0 bridgehead atoms. The van der Waals surface area contributed by atoms with Crippen molar-refractivity contribution in [2.75, 3.05) is 5.43 Å². The number of para-hydroxylation sites is 1. The maximum Gasteiger partial charge on any atom is 0.168 e. The average Bonchev–Trinajstić information content (AvgIpc) is 3.08. The van der Waals surface area contributed by atoms with Crippen molar-refractivity contribution in [3.8, 4) is 5.69 Å². The van der Waals surface area contributed by atoms with Crippen LogP contribution < -0.4 is 5.43 Å². The van der Waals surface area contributed by atoms with Crippen LogP contribution >= 0.6 is 11.6 Å². The highest BCUT2D eigenvalue weighted by Crippen LogP contribution is 2.22. The normalized spacial score (nSPS) is 11.3. The quantitative estimate of drug-likeness (QED) is 0.436. The number of nitrogens with zero attached hydrogens (tertiary/aromatic N) is 5. The van der Waals surface area contributed by atoms with E-state index < -0.39 is 0 Å². The lowest BCUT2D eigenvalue weighted by atomic mass is 10.2. The number of aryl methyl sites for hydroxylation is 1. The molecule has 2 heterocycles. The predicted octanol–water partition coefficient (Wildman–Crippen LogP) is 4.22. The molecule has 26 heavy (non-hydrogen) atoms. The summed E-state index contributed by atoms with van der Waals surface area (Å²) in [5, 5.41) is 10.2. The molecule has 0 aliphatic heterocycles. The number of fused-ring (bicyclic) bond motifs is 1. The second kappa shape index (κ2) is 6.93. The van der Waals surface area contributed by atoms with Gasteiger partial charge in [0.1, 0.15) is 5.82 Å². The number of halogens is 1. The molecule has 2 aromatic carbocycles. The second-order valence-corrected chi connectivity index (χ2v) is 6.11. The molecule has 0 fully saturated rings. The molecule has 0 amide bonds. The van der Waals surface area contributed by atoms with Crippen LogP contribution in [0.2, 0.25) is 5.02 Å². The fourth-order valence-corrected chi connectivity index (χ4v) is 2.70. The lowest BCUT2D eigenvalue weighted by Gasteiger charge is -2.05. The first-order chi connectivity index (χ1) is 12.7. The summed E-state index contributed by atoms with van der Waals surface area (Å²) in [6.07, 6.45) is 3.45. The Bertz CT molecular complexity index is 1070. The number of nitrogens with one attached hydrogen (secondary N) is 1. The first kappa shape index (κ1) is 16.2. The minimum atomic E-state index is 0.611. The molecule has 7 heteroatoms. The Balaban J connectivity index is 1.67. The molecule has 0 unspecified atom stereocenters. The van der Waals surface area contributed by atoms with Gasteiger partial charge in [-0.1, -0.05) is 41.9 Å². The predicted molar refractivity (Wildman–Crippen MR) is 104 cm³/mol. The molecular weight excluding hydrogens is 348 g/mol. The van der Waals surface area contributed by atoms with E-state index in [1.54, 1.807) is 17.1 Å². The van der Waals surface area contributed by atoms with E-state index >= 15 is 0 Å². The summed E-state index contributed by atoms with van der Waals surface area (Å²) in [6.45, 7) is 1.84. The largest absolute Gasteiger partial charge is 0.261 e. The van der Waals surface area contributed by atoms with Crippen LogP contribution in [0.1, 0.15) is 11.4 Å². The molecule has 0 saturated heterocycles. The van der Waals surface area contributed by atoms with Crippen LogP contribution in [0.25, 0.3) is 16.7 Å². The van der Waals surface area contributed by atoms with Crippen LogP contribution in [0, 0.1) is 6.92 Å². The Morgan fingerprint density at radius 3 is 2.58 bits per heavy atom. The summed E-state index contributed by atoms with van der Waals surface area (Å²) in [5.41, 5.74) is 5.59. The topological polar surface area (TPSA) is 68.0 Å². The molecule has 0 aliphatic carbocycles. The maximum absolute atomic E-state index is 5.89. The van der Waals surface area contributed by atoms with Crippen molar-refractivity contribution in [1.82, 2.24) is 19.7 Å². The zero-order chi connectivity index (χ0) is 17.9. The van der Waals surface area contributed by atoms with Gasteiger partial charge in [0.2, 0.25) is 0 Å². The number of benzene rings is 2. The van der Waals surface area contributed by atoms with Gasteiger partial charge in [-0.2, -0.15) is 10.2 Å². The Hall–Kier alpha value is -3.25. The Kier molecular flexibility index (Phi) is 4.33. The summed E-state index contributed by atoms with van der Waals surface area (Å²) in [4.78, 5) is 8.97. The number of rotatable bonds is 4. The van der Waals surface area contributed by atoms with Gasteiger partial charge in [0.25, 0.3) is 0 Å². The summed E-state index contributed by atoms with van der Waals surface area (Å²) >= 11 is 5.89. The van der Waals surface area contributed by atoms with Crippen LogP contribution in [-0.4, -0.2) is 26.0 Å². The van der Waals surface area contributed by atoms with E-state index in [1.165, 1.54) is 0 Å². The fraction of sp³-hybridized carbons (Fsp3) is 0.0526. The zero-order valence-electron chi connectivity index (χ0n) is 14.0. The van der Waals surface area contributed by atoms with Crippen LogP contribution in [0.3, 0.4) is 0 Å². The van der Waals surface area contributed by atoms with Crippen molar-refractivity contribution in [3.63, 3.8) is 0 Å². The Morgan fingerprint density at radius 1 is 1.04 bits per heavy atom. The molecule has 6 nitrogen and oxygen atoms in total. The van der Waals surface area contributed by atoms with E-state index in [4.69, 9.17) is 11.6 Å². The third-order valence-corrected chi connectivity index (χ3v) is 4.05. The van der Waals surface area contributed by atoms with Crippen molar-refractivity contribution in [2.24, 2.45) is 5.10 Å². The molecule has 4 rings (SSSR count). The fourth-order valence-electron chi connectivity index (χ4n) is 2.58. The van der Waals surface area contributed by atoms with E-state index in [9.17, 15) is 0 Å². The van der Waals surface area contributed by atoms with Gasteiger partial charge in [0.15, 0.2) is 11.5 Å². The summed E-state index contributed by atoms with van der Waals surface area (Å²) in [5.74, 6) is 1.25. The zero-order valence-corrected chi connectivity index (χ0v) is 14.7. The minimum absolute atomic E-state index is 0.611. The van der Waals surface area contributed by atoms with Crippen LogP contribution in [0.15, 0.2) is 65.9 Å². The van der Waals surface area contributed by atoms with Gasteiger partial charge in [-0.05, 0) is 36.8 Å². The summed E-state index contributed by atoms with van der Waals surface area (Å²) in [6, 6.07) is 17.3. The highest BCUT2D eigenvalue weighted by atomic mass is 35.5. The molecule has 2 aromatic heterocycles. The molecule has 0 atom stereocenters. The maximum atomic E-state index is 5.89. The number of anilines is 1. The van der Waals surface area contributed by atoms with Gasteiger partial charge in [-0.15, -0.1) is 0 Å². The lowest BCUT2D eigenvalue weighted by molar-refractivity contribution is 0.889. The van der Waals surface area contributed by atoms with Crippen LogP contribution in [0.4, 0.5) is 5.82 Å². The smallest absolute Gasteiger partial charge is 0.168 e. The van der Waals surface area contributed by atoms with Crippen molar-refractivity contribution in [3.05, 3.63) is 77.2 Å². The average molecular weight is 363 g/mol. The number of hydrogen-bond acceptors (Lipinski definition) is 5. The van der Waals surface area contributed by atoms with Crippen molar-refractivity contribution in [2.45, 2.75) is 6.92 Å². The standard InChI is InChI=1S/C19H15ClN6/c1-13-23-18(25-21-11-14-7-9-15(20)10-8-14)17-12-22-26(19(17)24-13)16-5-3-2-4-6-16/h2-12H,1H3,(H,23,24,25)/b21-11+. The molecule has 0 spiro atoms. The Morgan fingerprint density at radius 2 is 1.81 bits per heavy atom. The first-order valence-electron chi connectivity index (χ1n) is 8.03. The molecule has 0 saturated carbocycles. The van der Waals surface area contributed by atoms with Crippen LogP contribution in [0.5, 0.6) is 0 Å². The molecule has 4 aromatic rings. The van der Waals surface area contributed by atoms with Gasteiger partial charge >= 0.3 is 0 Å². The molecule has 0 radical (unpaired) electrons. The van der Waals surface area contributed by atoms with Gasteiger partial charge in [-0.25, -0.2) is 14.6 Å². The van der Waals surface area contributed by atoms with Crippen molar-refractivity contribution < 1.29 is 0 Å². The van der Waals surface area contributed by atoms with Gasteiger partial charge in [0, 0.05) is 5.02 Å². The van der Waals surface area contributed by atoms with Crippen molar-refractivity contribution >= 4 is 34.7 Å². The first-order valence-corrected chi connectivity index (χ1v) is 8.41. The SMILES string of the molecule is Cc1nc(N/N=C/c2ccc(Cl)cc2)c2cnn(-c3ccccc3)c2n1. The third kappa shape index (κ3) is 3.27. The monoisotopic (exact) mass is 362 g/mol. The van der Waals surface area contributed by atoms with E-state index in [0.717, 1.165) is 22.3 Å². The van der Waals surface area contributed by atoms with E-state index in [0.29, 0.717) is 16.7 Å². The third-order valence-electron chi connectivity index (χ3n) is 3.80. The van der Waals surface area contributed by atoms with Crippen molar-refractivity contribution in [1.29, 1.82) is 0 Å². The minimum Gasteiger partial charge on any atom is -0.261 e. The number of aromatic nitrogens is 4. The second-order valence-electron chi connectivity index (χ2n) is 5.67. The Labute approximate surface area is 155 Å². The summed E-state index contributed by atoms with van der Waals surface area (Å²) in [7, 11) is 0. The molecule has 128 valence electrons. The molecular formula is C19H15ClN6. The van der Waals surface area contributed by atoms with Gasteiger partial charge in [-0.3, -0.25) is 5.43 Å². The van der Waals surface area contributed by atoms with E-state index in [2.05, 4.69) is 25.6 Å². The van der Waals surface area contributed by atoms with E-state index in [1.807, 2.05) is 61.5 Å². The molecule has 1 N–H and O–H groups in total. The lowest BCUT2D eigenvalue weighted by Crippen LogP contribution is -2.01. The van der Waals surface area contributed by atoms with Gasteiger partial charge < -0.3 is 0 Å². The highest BCUT2D eigenvalue weighted by molar-refractivity contribution is 6.30. The number of hydrogen-bond donors (Lipinski definition) is 1. The van der Waals surface area contributed by atoms with Gasteiger partial charge in [0.05, 0.1) is 23.5 Å². The van der Waals surface area contributed by atoms with E-state index in [-0.39, 0.29) is 0 Å². The number of hydrazone groups is 1.